The summed E-state index contributed by atoms with van der Waals surface area (Å²) in [4.78, 5) is 0. The van der Waals surface area contributed by atoms with Crippen molar-refractivity contribution < 1.29 is 0 Å². The van der Waals surface area contributed by atoms with Gasteiger partial charge in [0.25, 0.3) is 0 Å². The maximum Gasteiger partial charge on any atom is -0.0163 e. The molecule has 0 amide bonds. The molecule has 0 N–H and O–H groups in total. The Morgan fingerprint density at radius 1 is 0.727 bits per heavy atom. The van der Waals surface area contributed by atoms with E-state index in [4.69, 9.17) is 0 Å². The predicted molar refractivity (Wildman–Crippen MR) is 200 cm³/mol. The molecule has 0 heteroatoms. The highest BCUT2D eigenvalue weighted by Gasteiger charge is 2.20. The van der Waals surface area contributed by atoms with E-state index in [1.165, 1.54) is 98.9 Å². The smallest absolute Gasteiger partial charge is 0.0163 e. The van der Waals surface area contributed by atoms with Crippen molar-refractivity contribution in [3.63, 3.8) is 0 Å². The van der Waals surface area contributed by atoms with Gasteiger partial charge in [-0.05, 0) is 153 Å². The van der Waals surface area contributed by atoms with Crippen LogP contribution in [0.5, 0.6) is 0 Å². The van der Waals surface area contributed by atoms with Gasteiger partial charge < -0.3 is 0 Å². The lowest BCUT2D eigenvalue weighted by Gasteiger charge is -2.27. The summed E-state index contributed by atoms with van der Waals surface area (Å²) in [5, 5.41) is 0. The van der Waals surface area contributed by atoms with Gasteiger partial charge >= 0.3 is 0 Å². The Morgan fingerprint density at radius 2 is 1.32 bits per heavy atom. The normalized spacial score (nSPS) is 16.5. The van der Waals surface area contributed by atoms with Gasteiger partial charge in [0.1, 0.15) is 0 Å². The molecule has 44 heavy (non-hydrogen) atoms. The first-order valence-electron chi connectivity index (χ1n) is 17.3. The Morgan fingerprint density at radius 3 is 1.91 bits per heavy atom. The van der Waals surface area contributed by atoms with Gasteiger partial charge in [-0.1, -0.05) is 120 Å². The Kier molecular flexibility index (Phi) is 15.2. The van der Waals surface area contributed by atoms with Crippen LogP contribution in [0.15, 0.2) is 78.9 Å². The third kappa shape index (κ3) is 9.95. The number of rotatable bonds is 8. The number of allylic oxidation sites excluding steroid dienone is 4. The maximum absolute atomic E-state index is 4.44. The summed E-state index contributed by atoms with van der Waals surface area (Å²) >= 11 is 0. The molecule has 1 fully saturated rings. The summed E-state index contributed by atoms with van der Waals surface area (Å²) in [5.74, 6) is 1.77. The Balaban J connectivity index is 0.000000295. The van der Waals surface area contributed by atoms with Crippen molar-refractivity contribution in [1.29, 1.82) is 0 Å². The maximum atomic E-state index is 4.44. The third-order valence-electron chi connectivity index (χ3n) is 9.74. The van der Waals surface area contributed by atoms with E-state index in [-0.39, 0.29) is 0 Å². The standard InChI is InChI=1S/C23H34.C19H22.C2H6/c1-15-8-12-22(13-9-15)14-18(4)19(5)21(7)23-17(3)11-10-16(2)20(23)6;1-5-15-10-11-19(12-16(15)6-2)18-9-7-8-17(13-18)14(3)4;1-2/h10-11,15,22H,4,8-9,12-14H2,1-3,5-7H3;7-13H,3,5-6H2,1-2,4H3;1-2H3/b21-19+;;. The number of hydrogen-bond donors (Lipinski definition) is 0. The summed E-state index contributed by atoms with van der Waals surface area (Å²) in [5.41, 5.74) is 17.6. The molecule has 0 bridgehead atoms. The Bertz CT molecular complexity index is 1420. The minimum absolute atomic E-state index is 0.848. The Labute approximate surface area is 272 Å². The molecule has 0 aliphatic heterocycles. The zero-order valence-corrected chi connectivity index (χ0v) is 30.2. The van der Waals surface area contributed by atoms with Crippen LogP contribution in [0, 0.1) is 32.6 Å². The minimum atomic E-state index is 0.848. The van der Waals surface area contributed by atoms with Crippen molar-refractivity contribution in [2.75, 3.05) is 0 Å². The van der Waals surface area contributed by atoms with E-state index in [1.54, 1.807) is 0 Å². The molecule has 0 saturated heterocycles. The molecule has 0 nitrogen and oxygen atoms in total. The molecule has 0 heterocycles. The molecule has 1 aliphatic carbocycles. The third-order valence-corrected chi connectivity index (χ3v) is 9.74. The van der Waals surface area contributed by atoms with Gasteiger partial charge in [-0.2, -0.15) is 0 Å². The molecule has 0 radical (unpaired) electrons. The molecule has 1 aliphatic rings. The van der Waals surface area contributed by atoms with E-state index in [9.17, 15) is 0 Å². The average Bonchev–Trinajstić information content (AvgIpc) is 3.04. The van der Waals surface area contributed by atoms with Crippen LogP contribution in [0.1, 0.15) is 126 Å². The number of aryl methyl sites for hydroxylation is 4. The second kappa shape index (κ2) is 18.0. The van der Waals surface area contributed by atoms with Gasteiger partial charge in [-0.15, -0.1) is 0 Å². The zero-order chi connectivity index (χ0) is 33.0. The van der Waals surface area contributed by atoms with Crippen molar-refractivity contribution in [1.82, 2.24) is 0 Å². The molecule has 3 aromatic rings. The molecule has 0 atom stereocenters. The van der Waals surface area contributed by atoms with Gasteiger partial charge in [-0.25, -0.2) is 0 Å². The number of benzene rings is 3. The van der Waals surface area contributed by atoms with Gasteiger partial charge in [-0.3, -0.25) is 0 Å². The van der Waals surface area contributed by atoms with Crippen LogP contribution < -0.4 is 0 Å². The molecule has 238 valence electrons. The lowest BCUT2D eigenvalue weighted by Crippen LogP contribution is -2.13. The first-order valence-corrected chi connectivity index (χ1v) is 17.3. The van der Waals surface area contributed by atoms with E-state index in [1.807, 2.05) is 13.8 Å². The van der Waals surface area contributed by atoms with Gasteiger partial charge in [0, 0.05) is 0 Å². The van der Waals surface area contributed by atoms with E-state index < -0.39 is 0 Å². The quantitative estimate of drug-likeness (QED) is 0.229. The molecule has 0 aromatic heterocycles. The summed E-state index contributed by atoms with van der Waals surface area (Å²) < 4.78 is 0. The van der Waals surface area contributed by atoms with Gasteiger partial charge in [0.05, 0.1) is 0 Å². The van der Waals surface area contributed by atoms with E-state index in [0.29, 0.717) is 0 Å². The molecule has 0 unspecified atom stereocenters. The second-order valence-corrected chi connectivity index (χ2v) is 12.9. The van der Waals surface area contributed by atoms with E-state index >= 15 is 0 Å². The molecular weight excluding hydrogens is 528 g/mol. The second-order valence-electron chi connectivity index (χ2n) is 12.9. The molecule has 1 saturated carbocycles. The van der Waals surface area contributed by atoms with E-state index in [0.717, 1.165) is 30.3 Å². The van der Waals surface area contributed by atoms with Crippen molar-refractivity contribution >= 4 is 11.1 Å². The summed E-state index contributed by atoms with van der Waals surface area (Å²) in [6.07, 6.45) is 8.95. The monoisotopic (exact) mass is 590 g/mol. The van der Waals surface area contributed by atoms with Crippen LogP contribution in [0.4, 0.5) is 0 Å². The molecule has 3 aromatic carbocycles. The highest BCUT2D eigenvalue weighted by Crippen LogP contribution is 2.36. The summed E-state index contributed by atoms with van der Waals surface area (Å²) in [6, 6.07) is 19.9. The SMILES string of the molecule is C=C(C)c1cccc(-c2ccc(CC)c(CC)c2)c1.C=C(CC1CCC(C)CC1)/C(C)=C(\C)c1c(C)ccc(C)c1C.CC. The van der Waals surface area contributed by atoms with Crippen molar-refractivity contribution in [3.8, 4) is 11.1 Å². The topological polar surface area (TPSA) is 0 Å². The lowest BCUT2D eigenvalue weighted by atomic mass is 9.78. The molecular formula is C44H62. The highest BCUT2D eigenvalue weighted by atomic mass is 14.3. The number of hydrogen-bond acceptors (Lipinski definition) is 0. The zero-order valence-electron chi connectivity index (χ0n) is 30.2. The summed E-state index contributed by atoms with van der Waals surface area (Å²) in [7, 11) is 0. The fourth-order valence-corrected chi connectivity index (χ4v) is 6.46. The van der Waals surface area contributed by atoms with Crippen molar-refractivity contribution in [2.24, 2.45) is 11.8 Å². The minimum Gasteiger partial charge on any atom is -0.0955 e. The molecule has 4 rings (SSSR count). The largest absolute Gasteiger partial charge is 0.0955 e. The highest BCUT2D eigenvalue weighted by molar-refractivity contribution is 5.75. The van der Waals surface area contributed by atoms with Crippen LogP contribution in [-0.4, -0.2) is 0 Å². The van der Waals surface area contributed by atoms with Crippen LogP contribution in [0.3, 0.4) is 0 Å². The predicted octanol–water partition coefficient (Wildman–Crippen LogP) is 13.7. The summed E-state index contributed by atoms with van der Waals surface area (Å²) in [6.45, 7) is 32.6. The van der Waals surface area contributed by atoms with Crippen molar-refractivity contribution in [3.05, 3.63) is 118 Å². The van der Waals surface area contributed by atoms with E-state index in [2.05, 4.69) is 130 Å². The molecule has 0 spiro atoms. The van der Waals surface area contributed by atoms with Crippen LogP contribution in [0.2, 0.25) is 0 Å². The van der Waals surface area contributed by atoms with Crippen molar-refractivity contribution in [2.45, 2.75) is 121 Å². The first-order chi connectivity index (χ1) is 21.0. The Hall–Kier alpha value is -3.12. The lowest BCUT2D eigenvalue weighted by molar-refractivity contribution is 0.289. The average molecular weight is 591 g/mol. The fraction of sp³-hybridized carbons (Fsp3) is 0.455. The fourth-order valence-electron chi connectivity index (χ4n) is 6.46. The first kappa shape index (κ1) is 37.1. The van der Waals surface area contributed by atoms with Gasteiger partial charge in [0.15, 0.2) is 0 Å². The van der Waals surface area contributed by atoms with Crippen LogP contribution in [-0.2, 0) is 12.8 Å². The van der Waals surface area contributed by atoms with Crippen LogP contribution in [0.25, 0.3) is 22.3 Å². The van der Waals surface area contributed by atoms with Crippen LogP contribution >= 0.6 is 0 Å². The van der Waals surface area contributed by atoms with Gasteiger partial charge in [0.2, 0.25) is 0 Å².